The Kier molecular flexibility index (Phi) is 4.39. The van der Waals surface area contributed by atoms with E-state index < -0.39 is 11.6 Å². The average Bonchev–Trinajstić information content (AvgIpc) is 3.12. The molecule has 1 saturated heterocycles. The van der Waals surface area contributed by atoms with Gasteiger partial charge in [-0.1, -0.05) is 12.1 Å². The van der Waals surface area contributed by atoms with Crippen LogP contribution in [0.1, 0.15) is 37.0 Å². The van der Waals surface area contributed by atoms with E-state index in [4.69, 9.17) is 9.47 Å². The summed E-state index contributed by atoms with van der Waals surface area (Å²) < 4.78 is 11.2. The lowest BCUT2D eigenvalue weighted by atomic mass is 9.94. The van der Waals surface area contributed by atoms with Gasteiger partial charge in [-0.2, -0.15) is 0 Å². The van der Waals surface area contributed by atoms with Crippen LogP contribution < -0.4 is 19.7 Å². The monoisotopic (exact) mass is 421 g/mol. The summed E-state index contributed by atoms with van der Waals surface area (Å²) in [5.74, 6) is 0.306. The van der Waals surface area contributed by atoms with Gasteiger partial charge >= 0.3 is 0 Å². The Balaban J connectivity index is 1.59. The molecule has 3 amide bonds. The molecular formula is C23H23N3O5. The van der Waals surface area contributed by atoms with Crippen LogP contribution in [0.5, 0.6) is 11.5 Å². The zero-order valence-electron chi connectivity index (χ0n) is 17.4. The largest absolute Gasteiger partial charge is 0.486 e. The second kappa shape index (κ2) is 7.01. The van der Waals surface area contributed by atoms with Crippen molar-refractivity contribution < 1.29 is 23.9 Å². The molecule has 2 aromatic carbocycles. The number of nitrogens with one attached hydrogen (secondary N) is 1. The highest BCUT2D eigenvalue weighted by Gasteiger charge is 2.61. The zero-order chi connectivity index (χ0) is 21.8. The number of carbonyl (C=O) groups excluding carboxylic acids is 3. The van der Waals surface area contributed by atoms with Crippen molar-refractivity contribution >= 4 is 29.1 Å². The van der Waals surface area contributed by atoms with E-state index in [0.29, 0.717) is 41.7 Å². The van der Waals surface area contributed by atoms with Crippen LogP contribution in [0, 0.1) is 0 Å². The number of anilines is 2. The molecule has 3 heterocycles. The Labute approximate surface area is 179 Å². The molecule has 3 aliphatic rings. The van der Waals surface area contributed by atoms with Gasteiger partial charge in [0.1, 0.15) is 13.2 Å². The lowest BCUT2D eigenvalue weighted by Crippen LogP contribution is -2.70. The second-order valence-electron chi connectivity index (χ2n) is 8.14. The average molecular weight is 421 g/mol. The SMILES string of the molecule is CC(C)N1C(=O)c2ccccc2N2C(=O)CC[C@]21C(=O)Nc1ccc2c(c1)OCCO2. The van der Waals surface area contributed by atoms with Crippen LogP contribution in [-0.2, 0) is 9.59 Å². The quantitative estimate of drug-likeness (QED) is 0.823. The summed E-state index contributed by atoms with van der Waals surface area (Å²) in [5, 5.41) is 2.92. The number of amides is 3. The fraction of sp³-hybridized carbons (Fsp3) is 0.348. The van der Waals surface area contributed by atoms with E-state index in [2.05, 4.69) is 5.32 Å². The van der Waals surface area contributed by atoms with Crippen LogP contribution in [0.4, 0.5) is 11.4 Å². The van der Waals surface area contributed by atoms with E-state index in [1.165, 1.54) is 9.80 Å². The minimum absolute atomic E-state index is 0.178. The maximum atomic E-state index is 13.8. The van der Waals surface area contributed by atoms with Crippen LogP contribution in [0.2, 0.25) is 0 Å². The molecule has 0 saturated carbocycles. The Morgan fingerprint density at radius 2 is 1.81 bits per heavy atom. The summed E-state index contributed by atoms with van der Waals surface area (Å²) in [6.45, 7) is 4.62. The molecule has 0 spiro atoms. The lowest BCUT2D eigenvalue weighted by molar-refractivity contribution is -0.129. The standard InChI is InChI=1S/C23H23N3O5/c1-14(2)25-21(28)16-5-3-4-6-17(16)26-20(27)9-10-23(25,26)22(29)24-15-7-8-18-19(13-15)31-12-11-30-18/h3-8,13-14H,9-12H2,1-2H3,(H,24,29)/t23-/m1/s1. The number of nitrogens with zero attached hydrogens (tertiary/aromatic N) is 2. The molecule has 0 bridgehead atoms. The highest BCUT2D eigenvalue weighted by molar-refractivity contribution is 6.18. The fourth-order valence-corrected chi connectivity index (χ4v) is 4.76. The summed E-state index contributed by atoms with van der Waals surface area (Å²) in [6, 6.07) is 11.8. The Hall–Kier alpha value is -3.55. The van der Waals surface area contributed by atoms with E-state index in [0.717, 1.165) is 0 Å². The molecule has 0 unspecified atom stereocenters. The molecule has 8 nitrogen and oxygen atoms in total. The number of benzene rings is 2. The predicted molar refractivity (Wildman–Crippen MR) is 113 cm³/mol. The van der Waals surface area contributed by atoms with Gasteiger partial charge in [-0.25, -0.2) is 0 Å². The summed E-state index contributed by atoms with van der Waals surface area (Å²) in [7, 11) is 0. The summed E-state index contributed by atoms with van der Waals surface area (Å²) in [5.41, 5.74) is -0.0133. The van der Waals surface area contributed by atoms with E-state index >= 15 is 0 Å². The Morgan fingerprint density at radius 1 is 1.06 bits per heavy atom. The molecule has 1 N–H and O–H groups in total. The van der Waals surface area contributed by atoms with Crippen LogP contribution >= 0.6 is 0 Å². The topological polar surface area (TPSA) is 88.2 Å². The van der Waals surface area contributed by atoms with Crippen molar-refractivity contribution in [1.29, 1.82) is 0 Å². The van der Waals surface area contributed by atoms with Gasteiger partial charge in [-0.15, -0.1) is 0 Å². The van der Waals surface area contributed by atoms with Gasteiger partial charge in [0.2, 0.25) is 11.6 Å². The summed E-state index contributed by atoms with van der Waals surface area (Å²) in [4.78, 5) is 43.2. The van der Waals surface area contributed by atoms with Gasteiger partial charge < -0.3 is 19.7 Å². The maximum Gasteiger partial charge on any atom is 0.271 e. The Morgan fingerprint density at radius 3 is 2.58 bits per heavy atom. The summed E-state index contributed by atoms with van der Waals surface area (Å²) >= 11 is 0. The highest BCUT2D eigenvalue weighted by Crippen LogP contribution is 2.46. The van der Waals surface area contributed by atoms with Crippen molar-refractivity contribution in [3.05, 3.63) is 48.0 Å². The molecule has 8 heteroatoms. The number of rotatable bonds is 3. The number of carbonyl (C=O) groups is 3. The third kappa shape index (κ3) is 2.78. The first kappa shape index (κ1) is 19.4. The first-order valence-corrected chi connectivity index (χ1v) is 10.4. The molecule has 0 radical (unpaired) electrons. The van der Waals surface area contributed by atoms with E-state index in [1.807, 2.05) is 13.8 Å². The van der Waals surface area contributed by atoms with Crippen molar-refractivity contribution in [3.63, 3.8) is 0 Å². The number of ether oxygens (including phenoxy) is 2. The molecule has 0 aliphatic carbocycles. The van der Waals surface area contributed by atoms with Gasteiger partial charge in [0.05, 0.1) is 11.3 Å². The zero-order valence-corrected chi connectivity index (χ0v) is 17.4. The van der Waals surface area contributed by atoms with Gasteiger partial charge in [0.25, 0.3) is 11.8 Å². The Bertz CT molecular complexity index is 1100. The number of hydrogen-bond donors (Lipinski definition) is 1. The smallest absolute Gasteiger partial charge is 0.271 e. The van der Waals surface area contributed by atoms with E-state index in [1.54, 1.807) is 42.5 Å². The number of fused-ring (bicyclic) bond motifs is 4. The fourth-order valence-electron chi connectivity index (χ4n) is 4.76. The summed E-state index contributed by atoms with van der Waals surface area (Å²) in [6.07, 6.45) is 0.403. The van der Waals surface area contributed by atoms with Crippen LogP contribution in [0.25, 0.3) is 0 Å². The molecule has 1 fully saturated rings. The third-order valence-corrected chi connectivity index (χ3v) is 5.98. The van der Waals surface area contributed by atoms with Crippen molar-refractivity contribution in [2.24, 2.45) is 0 Å². The van der Waals surface area contributed by atoms with Crippen molar-refractivity contribution in [1.82, 2.24) is 4.90 Å². The van der Waals surface area contributed by atoms with Crippen LogP contribution in [-0.4, -0.2) is 47.5 Å². The van der Waals surface area contributed by atoms with E-state index in [9.17, 15) is 14.4 Å². The van der Waals surface area contributed by atoms with Gasteiger partial charge in [0.15, 0.2) is 11.5 Å². The minimum Gasteiger partial charge on any atom is -0.486 e. The first-order valence-electron chi connectivity index (χ1n) is 10.4. The molecule has 3 aliphatic heterocycles. The maximum absolute atomic E-state index is 13.8. The van der Waals surface area contributed by atoms with Gasteiger partial charge in [-0.05, 0) is 38.1 Å². The third-order valence-electron chi connectivity index (χ3n) is 5.98. The van der Waals surface area contributed by atoms with Crippen molar-refractivity contribution in [3.8, 4) is 11.5 Å². The molecule has 1 atom stereocenters. The normalized spacial score (nSPS) is 21.8. The van der Waals surface area contributed by atoms with Crippen LogP contribution in [0.3, 0.4) is 0 Å². The number of hydrogen-bond acceptors (Lipinski definition) is 5. The molecule has 0 aromatic heterocycles. The number of para-hydroxylation sites is 1. The predicted octanol–water partition coefficient (Wildman–Crippen LogP) is 2.78. The molecule has 31 heavy (non-hydrogen) atoms. The lowest BCUT2D eigenvalue weighted by Gasteiger charge is -2.50. The van der Waals surface area contributed by atoms with Gasteiger partial charge in [-0.3, -0.25) is 19.3 Å². The molecular weight excluding hydrogens is 398 g/mol. The highest BCUT2D eigenvalue weighted by atomic mass is 16.6. The van der Waals surface area contributed by atoms with Crippen LogP contribution in [0.15, 0.2) is 42.5 Å². The first-order chi connectivity index (χ1) is 14.9. The molecule has 5 rings (SSSR count). The van der Waals surface area contributed by atoms with E-state index in [-0.39, 0.29) is 30.7 Å². The van der Waals surface area contributed by atoms with Crippen molar-refractivity contribution in [2.75, 3.05) is 23.4 Å². The van der Waals surface area contributed by atoms with Crippen molar-refractivity contribution in [2.45, 2.75) is 38.4 Å². The second-order valence-corrected chi connectivity index (χ2v) is 8.14. The van der Waals surface area contributed by atoms with Gasteiger partial charge in [0, 0.05) is 30.6 Å². The molecule has 2 aromatic rings. The molecule has 160 valence electrons. The minimum atomic E-state index is -1.43.